The van der Waals surface area contributed by atoms with Crippen LogP contribution in [-0.4, -0.2) is 33.5 Å². The van der Waals surface area contributed by atoms with Crippen LogP contribution in [0, 0.1) is 0 Å². The molecule has 0 saturated carbocycles. The van der Waals surface area contributed by atoms with Crippen LogP contribution in [0.25, 0.3) is 0 Å². The van der Waals surface area contributed by atoms with E-state index in [4.69, 9.17) is 4.18 Å². The van der Waals surface area contributed by atoms with E-state index < -0.39 is 30.0 Å². The summed E-state index contributed by atoms with van der Waals surface area (Å²) in [6.07, 6.45) is 11.1. The number of benzene rings is 1. The Hall–Kier alpha value is -0.000000000000000222. The monoisotopic (exact) mass is 446 g/mol. The fourth-order valence-corrected chi connectivity index (χ4v) is 4.88. The number of rotatable bonds is 14. The van der Waals surface area contributed by atoms with Crippen molar-refractivity contribution < 1.29 is 60.6 Å². The third-order valence-corrected chi connectivity index (χ3v) is 6.52. The van der Waals surface area contributed by atoms with E-state index in [0.29, 0.717) is 6.42 Å². The Labute approximate surface area is 191 Å². The van der Waals surface area contributed by atoms with E-state index in [1.165, 1.54) is 50.7 Å². The molecule has 0 amide bonds. The topological polar surface area (TPSA) is 132 Å². The molecule has 0 atom stereocenters. The first-order valence-electron chi connectivity index (χ1n) is 9.23. The second-order valence-electron chi connectivity index (χ2n) is 6.36. The summed E-state index contributed by atoms with van der Waals surface area (Å²) >= 11 is 0. The second-order valence-corrected chi connectivity index (χ2v) is 9.29. The van der Waals surface area contributed by atoms with Crippen LogP contribution in [-0.2, 0) is 24.4 Å². The summed E-state index contributed by atoms with van der Waals surface area (Å²) in [4.78, 5) is -1.37. The van der Waals surface area contributed by atoms with Gasteiger partial charge in [-0.05, 0) is 18.6 Å². The molecule has 0 spiro atoms. The number of hydrogen-bond acceptors (Lipinski definition) is 6. The van der Waals surface area contributed by atoms with Crippen LogP contribution in [0.3, 0.4) is 0 Å². The third-order valence-electron chi connectivity index (χ3n) is 4.12. The largest absolute Gasteiger partial charge is 1.00 e. The molecule has 0 aliphatic heterocycles. The van der Waals surface area contributed by atoms with Crippen molar-refractivity contribution >= 4 is 20.2 Å². The van der Waals surface area contributed by atoms with Crippen molar-refractivity contribution in [1.29, 1.82) is 0 Å². The molecule has 1 aromatic rings. The Morgan fingerprint density at radius 3 is 1.68 bits per heavy atom. The van der Waals surface area contributed by atoms with E-state index in [0.717, 1.165) is 31.4 Å². The summed E-state index contributed by atoms with van der Waals surface area (Å²) in [6, 6.07) is 4.69. The maximum Gasteiger partial charge on any atom is 1.00 e. The molecule has 7 nitrogen and oxygen atoms in total. The Balaban J connectivity index is 0. The van der Waals surface area contributed by atoms with Gasteiger partial charge in [-0.15, -0.1) is 0 Å². The van der Waals surface area contributed by atoms with Crippen molar-refractivity contribution in [2.45, 2.75) is 80.9 Å². The van der Waals surface area contributed by atoms with Gasteiger partial charge in [0.15, 0.2) is 0 Å². The van der Waals surface area contributed by atoms with E-state index in [1.807, 2.05) is 0 Å². The quantitative estimate of drug-likeness (QED) is 0.176. The molecule has 28 heavy (non-hydrogen) atoms. The van der Waals surface area contributed by atoms with Gasteiger partial charge in [0, 0.05) is 0 Å². The van der Waals surface area contributed by atoms with Crippen LogP contribution in [0.1, 0.15) is 71.1 Å². The fourth-order valence-electron chi connectivity index (χ4n) is 2.68. The first-order valence-corrected chi connectivity index (χ1v) is 12.0. The van der Waals surface area contributed by atoms with Gasteiger partial charge >= 0.3 is 29.6 Å². The first kappa shape index (κ1) is 30.2. The summed E-state index contributed by atoms with van der Waals surface area (Å²) in [6.45, 7) is 2.17. The standard InChI is InChI=1S/C18H30O6S2.Na.H2O/c1-2-3-4-5-6-7-8-9-10-13-16-24-26(22,23)18-15-12-11-14-17(18)25(19,20)21;;/h11-12,14-15H,2-10,13,16H2,1H3,(H,19,20,21);;1H2/q;+1;/p-1. The predicted octanol–water partition coefficient (Wildman–Crippen LogP) is 0.396. The molecule has 158 valence electrons. The van der Waals surface area contributed by atoms with Gasteiger partial charge in [0.2, 0.25) is 0 Å². The number of unbranched alkanes of at least 4 members (excludes halogenated alkanes) is 9. The van der Waals surface area contributed by atoms with E-state index >= 15 is 0 Å². The molecule has 1 rings (SSSR count). The van der Waals surface area contributed by atoms with Gasteiger partial charge < -0.3 is 10.0 Å². The van der Waals surface area contributed by atoms with Crippen molar-refractivity contribution in [3.8, 4) is 0 Å². The molecular formula is C18H31NaO7S2. The zero-order valence-corrected chi connectivity index (χ0v) is 20.5. The van der Waals surface area contributed by atoms with Crippen LogP contribution < -0.4 is 29.6 Å². The molecule has 0 aromatic heterocycles. The van der Waals surface area contributed by atoms with Crippen LogP contribution in [0.4, 0.5) is 0 Å². The average molecular weight is 447 g/mol. The zero-order chi connectivity index (χ0) is 19.5. The Bertz CT molecular complexity index is 734. The van der Waals surface area contributed by atoms with Crippen LogP contribution >= 0.6 is 0 Å². The molecule has 0 fully saturated rings. The molecule has 2 N–H and O–H groups in total. The van der Waals surface area contributed by atoms with E-state index in [-0.39, 0.29) is 41.6 Å². The van der Waals surface area contributed by atoms with Crippen LogP contribution in [0.2, 0.25) is 0 Å². The zero-order valence-electron chi connectivity index (χ0n) is 16.9. The maximum absolute atomic E-state index is 12.1. The molecule has 0 saturated heterocycles. The molecule has 0 unspecified atom stereocenters. The van der Waals surface area contributed by atoms with Gasteiger partial charge in [-0.1, -0.05) is 76.8 Å². The molecule has 0 aliphatic carbocycles. The van der Waals surface area contributed by atoms with Crippen molar-refractivity contribution in [3.63, 3.8) is 0 Å². The van der Waals surface area contributed by atoms with Crippen molar-refractivity contribution in [1.82, 2.24) is 0 Å². The van der Waals surface area contributed by atoms with Gasteiger partial charge in [0.1, 0.15) is 15.0 Å². The van der Waals surface area contributed by atoms with Gasteiger partial charge in [-0.25, -0.2) is 8.42 Å². The molecule has 10 heteroatoms. The first-order chi connectivity index (χ1) is 12.3. The normalized spacial score (nSPS) is 11.5. The van der Waals surface area contributed by atoms with Crippen LogP contribution in [0.15, 0.2) is 34.1 Å². The summed E-state index contributed by atoms with van der Waals surface area (Å²) in [5.41, 5.74) is 0. The van der Waals surface area contributed by atoms with Crippen molar-refractivity contribution in [3.05, 3.63) is 24.3 Å². The van der Waals surface area contributed by atoms with E-state index in [2.05, 4.69) is 6.92 Å². The van der Waals surface area contributed by atoms with Gasteiger partial charge in [-0.2, -0.15) is 8.42 Å². The Morgan fingerprint density at radius 2 is 1.21 bits per heavy atom. The Morgan fingerprint density at radius 1 is 0.786 bits per heavy atom. The predicted molar refractivity (Wildman–Crippen MR) is 103 cm³/mol. The number of hydrogen-bond donors (Lipinski definition) is 0. The summed E-state index contributed by atoms with van der Waals surface area (Å²) < 4.78 is 62.7. The van der Waals surface area contributed by atoms with Gasteiger partial charge in [-0.3, -0.25) is 4.18 Å². The fraction of sp³-hybridized carbons (Fsp3) is 0.667. The van der Waals surface area contributed by atoms with Gasteiger partial charge in [0.25, 0.3) is 10.1 Å². The minimum Gasteiger partial charge on any atom is -0.744 e. The van der Waals surface area contributed by atoms with E-state index in [1.54, 1.807) is 0 Å². The summed E-state index contributed by atoms with van der Waals surface area (Å²) in [5, 5.41) is 0. The summed E-state index contributed by atoms with van der Waals surface area (Å²) in [7, 11) is -9.14. The third kappa shape index (κ3) is 11.9. The maximum atomic E-state index is 12.1. The van der Waals surface area contributed by atoms with Gasteiger partial charge in [0.05, 0.1) is 11.5 Å². The van der Waals surface area contributed by atoms with Crippen molar-refractivity contribution in [2.75, 3.05) is 6.61 Å². The molecule has 0 bridgehead atoms. The smallest absolute Gasteiger partial charge is 0.744 e. The Kier molecular flexibility index (Phi) is 17.0. The molecule has 0 aliphatic rings. The molecule has 0 radical (unpaired) electrons. The van der Waals surface area contributed by atoms with E-state index in [9.17, 15) is 21.4 Å². The minimum absolute atomic E-state index is 0. The van der Waals surface area contributed by atoms with Crippen molar-refractivity contribution in [2.24, 2.45) is 0 Å². The second kappa shape index (κ2) is 15.8. The molecule has 1 aromatic carbocycles. The van der Waals surface area contributed by atoms with Crippen LogP contribution in [0.5, 0.6) is 0 Å². The molecule has 0 heterocycles. The summed E-state index contributed by atoms with van der Waals surface area (Å²) in [5.74, 6) is 0. The molecular weight excluding hydrogens is 415 g/mol. The minimum atomic E-state index is -4.88. The SMILES string of the molecule is CCCCCCCCCCCCOS(=O)(=O)c1ccccc1S(=O)(=O)[O-].O.[Na+]. The average Bonchev–Trinajstić information content (AvgIpc) is 2.59.